The highest BCUT2D eigenvalue weighted by atomic mass is 35.5. The Morgan fingerprint density at radius 3 is 2.64 bits per heavy atom. The number of carbonyl (C=O) groups excluding carboxylic acids is 1. The molecular weight excluding hydrogens is 359 g/mol. The van der Waals surface area contributed by atoms with Crippen LogP contribution in [0, 0.1) is 0 Å². The van der Waals surface area contributed by atoms with Crippen molar-refractivity contribution in [3.8, 4) is 11.3 Å². The first kappa shape index (κ1) is 16.2. The highest BCUT2D eigenvalue weighted by Gasteiger charge is 2.28. The summed E-state index contributed by atoms with van der Waals surface area (Å²) in [5, 5.41) is 5.38. The van der Waals surface area contributed by atoms with Gasteiger partial charge in [0.1, 0.15) is 0 Å². The maximum Gasteiger partial charge on any atom is 0.254 e. The molecule has 3 aromatic rings. The van der Waals surface area contributed by atoms with Gasteiger partial charge in [-0.15, -0.1) is 0 Å². The number of benzene rings is 2. The number of hydrogen-bond acceptors (Lipinski definition) is 3. The van der Waals surface area contributed by atoms with E-state index in [2.05, 4.69) is 5.16 Å². The van der Waals surface area contributed by atoms with Gasteiger partial charge in [-0.25, -0.2) is 0 Å². The van der Waals surface area contributed by atoms with Crippen molar-refractivity contribution in [2.75, 3.05) is 6.54 Å². The normalized spacial score (nSPS) is 13.6. The summed E-state index contributed by atoms with van der Waals surface area (Å²) in [5.74, 6) is 0.645. The summed E-state index contributed by atoms with van der Waals surface area (Å²) in [6.45, 7) is 1.06. The molecule has 0 fully saturated rings. The van der Waals surface area contributed by atoms with E-state index in [0.29, 0.717) is 40.9 Å². The molecule has 1 amide bonds. The average molecular weight is 373 g/mol. The quantitative estimate of drug-likeness (QED) is 0.645. The number of nitrogens with zero attached hydrogens (tertiary/aromatic N) is 2. The van der Waals surface area contributed by atoms with Gasteiger partial charge in [-0.05, 0) is 42.5 Å². The molecule has 1 aliphatic heterocycles. The third-order valence-corrected chi connectivity index (χ3v) is 4.79. The van der Waals surface area contributed by atoms with Gasteiger partial charge in [-0.2, -0.15) is 0 Å². The first-order valence-electron chi connectivity index (χ1n) is 7.90. The summed E-state index contributed by atoms with van der Waals surface area (Å²) in [6.07, 6.45) is 0.665. The number of carbonyl (C=O) groups is 1. The molecule has 0 bridgehead atoms. The van der Waals surface area contributed by atoms with E-state index in [1.54, 1.807) is 29.2 Å². The van der Waals surface area contributed by atoms with Crippen LogP contribution in [0.2, 0.25) is 10.0 Å². The maximum absolute atomic E-state index is 12.8. The van der Waals surface area contributed by atoms with E-state index < -0.39 is 0 Å². The fourth-order valence-corrected chi connectivity index (χ4v) is 3.33. The van der Waals surface area contributed by atoms with Crippen LogP contribution in [0.4, 0.5) is 0 Å². The van der Waals surface area contributed by atoms with Gasteiger partial charge in [0.15, 0.2) is 5.76 Å². The van der Waals surface area contributed by atoms with Gasteiger partial charge in [-0.1, -0.05) is 34.4 Å². The molecule has 0 aliphatic carbocycles. The van der Waals surface area contributed by atoms with Crippen molar-refractivity contribution in [3.05, 3.63) is 75.4 Å². The van der Waals surface area contributed by atoms with E-state index in [4.69, 9.17) is 27.7 Å². The average Bonchev–Trinajstić information content (AvgIpc) is 3.05. The van der Waals surface area contributed by atoms with Gasteiger partial charge in [-0.3, -0.25) is 4.79 Å². The van der Waals surface area contributed by atoms with Gasteiger partial charge >= 0.3 is 0 Å². The van der Waals surface area contributed by atoms with Crippen LogP contribution in [-0.4, -0.2) is 22.5 Å². The number of amides is 1. The van der Waals surface area contributed by atoms with Crippen molar-refractivity contribution in [1.82, 2.24) is 10.1 Å². The minimum Gasteiger partial charge on any atom is -0.356 e. The van der Waals surface area contributed by atoms with Crippen molar-refractivity contribution < 1.29 is 9.32 Å². The van der Waals surface area contributed by atoms with Crippen LogP contribution in [0.15, 0.2) is 53.1 Å². The van der Waals surface area contributed by atoms with Crippen molar-refractivity contribution >= 4 is 29.1 Å². The molecule has 126 valence electrons. The van der Waals surface area contributed by atoms with E-state index in [-0.39, 0.29) is 5.91 Å². The molecule has 4 rings (SSSR count). The summed E-state index contributed by atoms with van der Waals surface area (Å²) in [6, 6.07) is 14.4. The van der Waals surface area contributed by atoms with Crippen LogP contribution in [-0.2, 0) is 13.0 Å². The Labute approximate surface area is 154 Å². The van der Waals surface area contributed by atoms with Crippen LogP contribution in [0.1, 0.15) is 21.6 Å². The number of halogens is 2. The van der Waals surface area contributed by atoms with Crippen molar-refractivity contribution in [1.29, 1.82) is 0 Å². The van der Waals surface area contributed by atoms with Crippen LogP contribution >= 0.6 is 23.2 Å². The molecule has 1 aliphatic rings. The second-order valence-electron chi connectivity index (χ2n) is 5.93. The molecule has 0 spiro atoms. The van der Waals surface area contributed by atoms with Crippen LogP contribution in [0.5, 0.6) is 0 Å². The SMILES string of the molecule is O=C(c1cccc(Cl)c1)N1CCc2noc(-c3ccc(Cl)cc3)c2C1. The Balaban J connectivity index is 1.63. The zero-order valence-electron chi connectivity index (χ0n) is 13.2. The molecule has 1 aromatic heterocycles. The van der Waals surface area contributed by atoms with Crippen LogP contribution in [0.3, 0.4) is 0 Å². The predicted octanol–water partition coefficient (Wildman–Crippen LogP) is 4.85. The van der Waals surface area contributed by atoms with E-state index in [9.17, 15) is 4.79 Å². The second kappa shape index (κ2) is 6.54. The van der Waals surface area contributed by atoms with Crippen molar-refractivity contribution in [2.45, 2.75) is 13.0 Å². The fourth-order valence-electron chi connectivity index (χ4n) is 3.02. The fraction of sp³-hybridized carbons (Fsp3) is 0.158. The molecular formula is C19H14Cl2N2O2. The molecule has 25 heavy (non-hydrogen) atoms. The number of aromatic nitrogens is 1. The maximum atomic E-state index is 12.8. The molecule has 0 unspecified atom stereocenters. The lowest BCUT2D eigenvalue weighted by Crippen LogP contribution is -2.35. The Morgan fingerprint density at radius 2 is 1.88 bits per heavy atom. The minimum atomic E-state index is -0.0450. The number of hydrogen-bond donors (Lipinski definition) is 0. The number of fused-ring (bicyclic) bond motifs is 1. The molecule has 6 heteroatoms. The lowest BCUT2D eigenvalue weighted by molar-refractivity contribution is 0.0734. The first-order valence-corrected chi connectivity index (χ1v) is 8.65. The lowest BCUT2D eigenvalue weighted by atomic mass is 10.0. The van der Waals surface area contributed by atoms with Crippen molar-refractivity contribution in [2.24, 2.45) is 0 Å². The van der Waals surface area contributed by atoms with Crippen molar-refractivity contribution in [3.63, 3.8) is 0 Å². The summed E-state index contributed by atoms with van der Waals surface area (Å²) >= 11 is 12.0. The Bertz CT molecular complexity index is 935. The Hall–Kier alpha value is -2.30. The summed E-state index contributed by atoms with van der Waals surface area (Å²) in [4.78, 5) is 14.6. The largest absolute Gasteiger partial charge is 0.356 e. The van der Waals surface area contributed by atoms with Gasteiger partial charge in [0.2, 0.25) is 0 Å². The standard InChI is InChI=1S/C19H14Cl2N2O2/c20-14-6-4-12(5-7-14)18-16-11-23(9-8-17(16)22-25-18)19(24)13-2-1-3-15(21)10-13/h1-7,10H,8-9,11H2. The Morgan fingerprint density at radius 1 is 1.08 bits per heavy atom. The summed E-state index contributed by atoms with van der Waals surface area (Å²) in [5.41, 5.74) is 3.33. The third-order valence-electron chi connectivity index (χ3n) is 4.30. The summed E-state index contributed by atoms with van der Waals surface area (Å²) < 4.78 is 5.54. The molecule has 0 atom stereocenters. The monoisotopic (exact) mass is 372 g/mol. The van der Waals surface area contributed by atoms with E-state index in [1.807, 2.05) is 24.3 Å². The highest BCUT2D eigenvalue weighted by molar-refractivity contribution is 6.31. The Kier molecular flexibility index (Phi) is 4.24. The second-order valence-corrected chi connectivity index (χ2v) is 6.80. The molecule has 0 saturated heterocycles. The number of rotatable bonds is 2. The first-order chi connectivity index (χ1) is 12.1. The van der Waals surface area contributed by atoms with E-state index in [1.165, 1.54) is 0 Å². The smallest absolute Gasteiger partial charge is 0.254 e. The lowest BCUT2D eigenvalue weighted by Gasteiger charge is -2.26. The van der Waals surface area contributed by atoms with E-state index in [0.717, 1.165) is 16.8 Å². The zero-order valence-corrected chi connectivity index (χ0v) is 14.7. The highest BCUT2D eigenvalue weighted by Crippen LogP contribution is 2.31. The van der Waals surface area contributed by atoms with Gasteiger partial charge in [0.25, 0.3) is 5.91 Å². The van der Waals surface area contributed by atoms with Gasteiger partial charge in [0, 0.05) is 39.7 Å². The molecule has 4 nitrogen and oxygen atoms in total. The van der Waals surface area contributed by atoms with Gasteiger partial charge < -0.3 is 9.42 Å². The molecule has 0 saturated carbocycles. The van der Waals surface area contributed by atoms with Crippen LogP contribution in [0.25, 0.3) is 11.3 Å². The van der Waals surface area contributed by atoms with E-state index >= 15 is 0 Å². The van der Waals surface area contributed by atoms with Gasteiger partial charge in [0.05, 0.1) is 12.2 Å². The molecule has 0 radical (unpaired) electrons. The summed E-state index contributed by atoms with van der Waals surface area (Å²) in [7, 11) is 0. The predicted molar refractivity (Wildman–Crippen MR) is 96.8 cm³/mol. The minimum absolute atomic E-state index is 0.0450. The molecule has 2 aromatic carbocycles. The molecule has 0 N–H and O–H groups in total. The third kappa shape index (κ3) is 3.15. The molecule has 2 heterocycles. The van der Waals surface area contributed by atoms with Crippen LogP contribution < -0.4 is 0 Å². The topological polar surface area (TPSA) is 46.3 Å². The zero-order chi connectivity index (χ0) is 17.4.